The highest BCUT2D eigenvalue weighted by Gasteiger charge is 2.52. The molecule has 3 fully saturated rings. The molecule has 2 bridgehead atoms. The Hall–Kier alpha value is -2.93. The number of hydrogen-bond acceptors (Lipinski definition) is 5. The maximum atomic E-state index is 13.2. The van der Waals surface area contributed by atoms with Gasteiger partial charge in [-0.1, -0.05) is 18.2 Å². The van der Waals surface area contributed by atoms with Gasteiger partial charge in [0, 0.05) is 35.8 Å². The quantitative estimate of drug-likeness (QED) is 0.595. The van der Waals surface area contributed by atoms with Gasteiger partial charge in [0.25, 0.3) is 0 Å². The largest absolute Gasteiger partial charge is 0.489 e. The number of pyridine rings is 1. The lowest BCUT2D eigenvalue weighted by Gasteiger charge is -2.52. The molecule has 0 unspecified atom stereocenters. The summed E-state index contributed by atoms with van der Waals surface area (Å²) >= 11 is 0. The molecule has 0 spiro atoms. The first-order valence-corrected chi connectivity index (χ1v) is 11.5. The maximum Gasteiger partial charge on any atom is 0.226 e. The molecular formula is C26H32FN3O3. The highest BCUT2D eigenvalue weighted by Crippen LogP contribution is 2.58. The van der Waals surface area contributed by atoms with E-state index in [0.717, 1.165) is 44.1 Å². The molecule has 2 aromatic rings. The lowest BCUT2D eigenvalue weighted by Crippen LogP contribution is -2.51. The van der Waals surface area contributed by atoms with Crippen molar-refractivity contribution in [2.75, 3.05) is 20.3 Å². The number of rotatable bonds is 9. The zero-order valence-electron chi connectivity index (χ0n) is 19.1. The summed E-state index contributed by atoms with van der Waals surface area (Å²) in [5.74, 6) is 1.39. The molecule has 0 aliphatic heterocycles. The van der Waals surface area contributed by atoms with Crippen molar-refractivity contribution in [1.82, 2.24) is 10.3 Å². The third-order valence-electron chi connectivity index (χ3n) is 7.52. The zero-order valence-corrected chi connectivity index (χ0v) is 19.1. The van der Waals surface area contributed by atoms with E-state index in [1.54, 1.807) is 13.3 Å². The van der Waals surface area contributed by atoms with Crippen molar-refractivity contribution in [1.29, 1.82) is 0 Å². The number of methoxy groups -OCH3 is 1. The van der Waals surface area contributed by atoms with Crippen LogP contribution in [0.15, 0.2) is 54.5 Å². The Morgan fingerprint density at radius 3 is 2.45 bits per heavy atom. The number of carbonyl (C=O) groups excluding carboxylic acids is 1. The topological polar surface area (TPSA) is 86.5 Å². The van der Waals surface area contributed by atoms with Crippen LogP contribution in [0.3, 0.4) is 0 Å². The number of hydrogen-bond donors (Lipinski definition) is 2. The van der Waals surface area contributed by atoms with Gasteiger partial charge in [0.1, 0.15) is 12.4 Å². The van der Waals surface area contributed by atoms with Crippen LogP contribution in [-0.4, -0.2) is 31.2 Å². The Kier molecular flexibility index (Phi) is 6.98. The predicted molar refractivity (Wildman–Crippen MR) is 125 cm³/mol. The second-order valence-corrected chi connectivity index (χ2v) is 9.20. The third-order valence-corrected chi connectivity index (χ3v) is 7.52. The summed E-state index contributed by atoms with van der Waals surface area (Å²) in [6.07, 6.45) is 7.86. The van der Waals surface area contributed by atoms with Crippen molar-refractivity contribution in [2.45, 2.75) is 50.5 Å². The molecule has 3 aliphatic rings. The fourth-order valence-corrected chi connectivity index (χ4v) is 5.28. The minimum Gasteiger partial charge on any atom is -0.489 e. The molecule has 33 heavy (non-hydrogen) atoms. The van der Waals surface area contributed by atoms with Gasteiger partial charge in [-0.3, -0.25) is 4.79 Å². The average Bonchev–Trinajstić information content (AvgIpc) is 2.89. The Bertz CT molecular complexity index is 982. The van der Waals surface area contributed by atoms with Crippen LogP contribution < -0.4 is 20.5 Å². The molecule has 0 saturated heterocycles. The number of nitrogens with zero attached hydrogens (tertiary/aromatic N) is 1. The van der Waals surface area contributed by atoms with E-state index in [0.29, 0.717) is 30.1 Å². The second kappa shape index (κ2) is 9.91. The van der Waals surface area contributed by atoms with E-state index in [1.165, 1.54) is 5.56 Å². The normalized spacial score (nSPS) is 24.4. The first kappa shape index (κ1) is 23.2. The molecule has 1 heterocycles. The number of nitrogens with one attached hydrogen (secondary N) is 1. The molecule has 1 amide bonds. The number of benzene rings is 1. The van der Waals surface area contributed by atoms with Crippen molar-refractivity contribution in [2.24, 2.45) is 11.1 Å². The van der Waals surface area contributed by atoms with Crippen LogP contribution in [0.1, 0.15) is 49.7 Å². The number of halogens is 1. The average molecular weight is 454 g/mol. The first-order valence-electron chi connectivity index (χ1n) is 11.5. The fraction of sp³-hybridized carbons (Fsp3) is 0.462. The Balaban J connectivity index is 1.36. The second-order valence-electron chi connectivity index (χ2n) is 9.20. The molecule has 1 aromatic heterocycles. The van der Waals surface area contributed by atoms with Crippen LogP contribution in [0.25, 0.3) is 0 Å². The van der Waals surface area contributed by atoms with Crippen LogP contribution in [0.4, 0.5) is 4.39 Å². The van der Waals surface area contributed by atoms with Crippen LogP contribution in [0.2, 0.25) is 0 Å². The van der Waals surface area contributed by atoms with Gasteiger partial charge in [0.15, 0.2) is 0 Å². The van der Waals surface area contributed by atoms with Crippen LogP contribution in [0, 0.1) is 5.41 Å². The van der Waals surface area contributed by atoms with Crippen LogP contribution >= 0.6 is 0 Å². The first-order chi connectivity index (χ1) is 16.0. The van der Waals surface area contributed by atoms with Crippen molar-refractivity contribution < 1.29 is 18.7 Å². The molecule has 1 aromatic carbocycles. The van der Waals surface area contributed by atoms with Crippen molar-refractivity contribution >= 4 is 5.91 Å². The highest BCUT2D eigenvalue weighted by atomic mass is 19.1. The number of ether oxygens (including phenoxy) is 2. The smallest absolute Gasteiger partial charge is 0.226 e. The molecule has 0 radical (unpaired) electrons. The summed E-state index contributed by atoms with van der Waals surface area (Å²) < 4.78 is 23.6. The zero-order chi connectivity index (χ0) is 23.3. The molecular weight excluding hydrogens is 421 g/mol. The molecule has 3 aliphatic carbocycles. The number of fused-ring (bicyclic) bond motifs is 3. The lowest BCUT2D eigenvalue weighted by atomic mass is 9.51. The molecule has 5 rings (SSSR count). The Morgan fingerprint density at radius 2 is 1.85 bits per heavy atom. The van der Waals surface area contributed by atoms with Gasteiger partial charge < -0.3 is 20.5 Å². The van der Waals surface area contributed by atoms with Gasteiger partial charge in [-0.25, -0.2) is 9.37 Å². The van der Waals surface area contributed by atoms with Crippen molar-refractivity contribution in [3.63, 3.8) is 0 Å². The summed E-state index contributed by atoms with van der Waals surface area (Å²) in [6.45, 7) is 0.719. The third kappa shape index (κ3) is 4.74. The summed E-state index contributed by atoms with van der Waals surface area (Å²) in [6, 6.07) is 11.9. The monoisotopic (exact) mass is 453 g/mol. The van der Waals surface area contributed by atoms with Gasteiger partial charge >= 0.3 is 0 Å². The number of nitrogens with two attached hydrogens (primary N) is 1. The van der Waals surface area contributed by atoms with Gasteiger partial charge in [0.2, 0.25) is 11.8 Å². The minimum atomic E-state index is -0.280. The number of carbonyl (C=O) groups is 1. The van der Waals surface area contributed by atoms with E-state index in [9.17, 15) is 9.18 Å². The van der Waals surface area contributed by atoms with Crippen molar-refractivity contribution in [3.05, 3.63) is 65.6 Å². The minimum absolute atomic E-state index is 0.119. The summed E-state index contributed by atoms with van der Waals surface area (Å²) in [4.78, 5) is 17.4. The van der Waals surface area contributed by atoms with Crippen LogP contribution in [0.5, 0.6) is 11.6 Å². The van der Waals surface area contributed by atoms with E-state index in [4.69, 9.17) is 15.2 Å². The molecule has 0 atom stereocenters. The number of aromatic nitrogens is 1. The van der Waals surface area contributed by atoms with Gasteiger partial charge in [-0.05, 0) is 67.7 Å². The van der Waals surface area contributed by atoms with Crippen molar-refractivity contribution in [3.8, 4) is 11.6 Å². The van der Waals surface area contributed by atoms with Crippen LogP contribution in [-0.2, 0) is 16.8 Å². The van der Waals surface area contributed by atoms with E-state index in [1.807, 2.05) is 24.3 Å². The van der Waals surface area contributed by atoms with E-state index in [-0.39, 0.29) is 29.9 Å². The molecule has 6 nitrogen and oxygen atoms in total. The predicted octanol–water partition coefficient (Wildman–Crippen LogP) is 4.19. The molecule has 7 heteroatoms. The summed E-state index contributed by atoms with van der Waals surface area (Å²) in [7, 11) is 1.59. The maximum absolute atomic E-state index is 13.2. The highest BCUT2D eigenvalue weighted by molar-refractivity contribution is 5.83. The van der Waals surface area contributed by atoms with E-state index >= 15 is 0 Å². The SMILES string of the molecule is COc1ncccc1CNC(=O)C12CCC(c3ccc(OCC(=CF)CN)cc3)(CC1)CC2. The van der Waals surface area contributed by atoms with E-state index < -0.39 is 0 Å². The standard InChI is InChI=1S/C26H32FN3O3/c1-32-23-20(3-2-14-29-23)17-30-24(31)26-11-8-25(9-12-26,10-13-26)21-4-6-22(7-5-21)33-18-19(15-27)16-28/h2-7,14-15H,8-13,16-18,28H2,1H3,(H,30,31). The molecule has 3 saturated carbocycles. The fourth-order valence-electron chi connectivity index (χ4n) is 5.28. The Morgan fingerprint density at radius 1 is 1.15 bits per heavy atom. The Labute approximate surface area is 194 Å². The molecule has 3 N–H and O–H groups in total. The summed E-state index contributed by atoms with van der Waals surface area (Å²) in [5.41, 5.74) is 7.92. The lowest BCUT2D eigenvalue weighted by molar-refractivity contribution is -0.138. The summed E-state index contributed by atoms with van der Waals surface area (Å²) in [5, 5.41) is 3.14. The van der Waals surface area contributed by atoms with Gasteiger partial charge in [0.05, 0.1) is 13.4 Å². The number of amides is 1. The van der Waals surface area contributed by atoms with E-state index in [2.05, 4.69) is 22.4 Å². The molecule has 176 valence electrons. The van der Waals surface area contributed by atoms with Gasteiger partial charge in [-0.15, -0.1) is 0 Å². The van der Waals surface area contributed by atoms with Gasteiger partial charge in [-0.2, -0.15) is 0 Å².